The molecule has 2 aromatic carbocycles. The van der Waals surface area contributed by atoms with E-state index in [1.54, 1.807) is 34.9 Å². The molecule has 19 nitrogen and oxygen atoms in total. The first-order valence-electron chi connectivity index (χ1n) is 23.6. The first-order chi connectivity index (χ1) is 34.7. The number of carboxylic acids is 1. The summed E-state index contributed by atoms with van der Waals surface area (Å²) in [4.78, 5) is 65.5. The van der Waals surface area contributed by atoms with Crippen LogP contribution in [0.5, 0.6) is 0 Å². The third kappa shape index (κ3) is 15.5. The highest BCUT2D eigenvalue weighted by molar-refractivity contribution is 6.92. The summed E-state index contributed by atoms with van der Waals surface area (Å²) in [5.74, 6) is 2.84. The van der Waals surface area contributed by atoms with Gasteiger partial charge in [-0.25, -0.2) is 23.8 Å². The van der Waals surface area contributed by atoms with E-state index in [1.807, 2.05) is 41.5 Å². The number of H-pyrrole nitrogens is 2. The van der Waals surface area contributed by atoms with Crippen molar-refractivity contribution in [3.63, 3.8) is 0 Å². The number of nitrogens with zero attached hydrogens (tertiary/aromatic N) is 7. The molecule has 0 spiro atoms. The van der Waals surface area contributed by atoms with Crippen molar-refractivity contribution < 1.29 is 42.9 Å². The Morgan fingerprint density at radius 2 is 1.38 bits per heavy atom. The molecule has 2 aliphatic heterocycles. The summed E-state index contributed by atoms with van der Waals surface area (Å²) in [6.45, 7) is 16.9. The monoisotopic (exact) mass is 1000 g/mol. The number of aromatic carboxylic acids is 1. The number of piperidine rings is 2. The molecule has 2 saturated heterocycles. The summed E-state index contributed by atoms with van der Waals surface area (Å²) in [7, 11) is -1.87. The Morgan fingerprint density at radius 1 is 0.887 bits per heavy atom. The van der Waals surface area contributed by atoms with Gasteiger partial charge in [0, 0.05) is 56.1 Å². The van der Waals surface area contributed by atoms with E-state index in [2.05, 4.69) is 49.0 Å². The molecule has 3 aromatic heterocycles. The van der Waals surface area contributed by atoms with E-state index in [-0.39, 0.29) is 41.4 Å². The zero-order chi connectivity index (χ0) is 55.7. The number of nitriles is 2. The number of fused-ring (bicyclic) bond motifs is 2. The molecule has 0 aliphatic carbocycles. The van der Waals surface area contributed by atoms with Gasteiger partial charge in [0.2, 0.25) is 0 Å². The summed E-state index contributed by atoms with van der Waals surface area (Å²) in [6.07, 6.45) is 12.6. The van der Waals surface area contributed by atoms with Crippen LogP contribution >= 0.6 is 9.73 Å². The number of anilines is 1. The smallest absolute Gasteiger partial charge is 0.410 e. The maximum Gasteiger partial charge on any atom is 0.410 e. The van der Waals surface area contributed by atoms with Crippen LogP contribution in [0, 0.1) is 53.2 Å². The minimum absolute atomic E-state index is 0.00109. The van der Waals surface area contributed by atoms with E-state index in [9.17, 15) is 33.6 Å². The molecule has 71 heavy (non-hydrogen) atoms. The number of hydrogen-bond donors (Lipinski definition) is 4. The lowest BCUT2D eigenvalue weighted by Crippen LogP contribution is -2.41. The summed E-state index contributed by atoms with van der Waals surface area (Å²) in [5.41, 5.74) is 7.89. The van der Waals surface area contributed by atoms with Gasteiger partial charge in [0.1, 0.15) is 40.3 Å². The minimum atomic E-state index is -1.87. The molecule has 5 heterocycles. The number of amides is 2. The number of halogens is 1. The van der Waals surface area contributed by atoms with Crippen LogP contribution in [0.4, 0.5) is 19.8 Å². The molecule has 0 unspecified atom stereocenters. The van der Waals surface area contributed by atoms with Crippen molar-refractivity contribution in [2.24, 2.45) is 0 Å². The molecule has 376 valence electrons. The number of aromatic amines is 2. The molecule has 5 aromatic rings. The maximum atomic E-state index is 13.0. The number of aromatic nitrogens is 5. The fourth-order valence-electron chi connectivity index (χ4n) is 7.37. The van der Waals surface area contributed by atoms with E-state index in [0.717, 1.165) is 30.7 Å². The second kappa shape index (κ2) is 25.1. The highest BCUT2D eigenvalue weighted by Gasteiger charge is 2.32. The van der Waals surface area contributed by atoms with Crippen LogP contribution in [-0.2, 0) is 19.0 Å². The van der Waals surface area contributed by atoms with Crippen LogP contribution in [0.2, 0.25) is 0 Å². The molecular formula is C50H60FN10O9P. The molecule has 0 radical (unpaired) electrons. The normalized spacial score (nSPS) is 14.2. The predicted octanol–water partition coefficient (Wildman–Crippen LogP) is 7.25. The number of ether oxygens (including phenoxy) is 3. The number of likely N-dealkylation sites (tertiary alicyclic amines) is 2. The standard InChI is InChI=1S/C23H23N5O3.C14H21N5O2.C9H5FO2.C4H8O2.H3P/c1-5-14-6-7-18-16(12-14)21(29)28-20(25-18)17(13-24)19(26-28)15-8-10-27(11-9-15)22(30)31-23(2,3)4;1-14(2,3)21-13(20)19-6-4-9(5-7-19)11-10(8-15)12(16)18-17-11;1-2-6-3-4-8(10)7(5-6)9(11)12;1-3-6-4(2)5;/h1,6-7,12,15,26H,8-11H2,2-4H3;9H,4-7H2,1-3H3,(H3,16,17,18);1,3-5H,(H,11,12);3H2,1-2H3;1H3/i;;;;1T3. The summed E-state index contributed by atoms with van der Waals surface area (Å²) < 4.78 is 47.2. The first-order valence-corrected chi connectivity index (χ1v) is 22.2. The molecule has 7 rings (SSSR count). The molecule has 0 atom stereocenters. The summed E-state index contributed by atoms with van der Waals surface area (Å²) >= 11 is 0. The molecule has 2 fully saturated rings. The van der Waals surface area contributed by atoms with Crippen molar-refractivity contribution in [2.45, 2.75) is 104 Å². The fraction of sp³-hybridized carbons (Fsp3) is 0.420. The number of terminal acetylenes is 2. The predicted molar refractivity (Wildman–Crippen MR) is 268 cm³/mol. The molecule has 0 saturated carbocycles. The summed E-state index contributed by atoms with van der Waals surface area (Å²) in [6, 6.07) is 12.8. The van der Waals surface area contributed by atoms with Gasteiger partial charge in [-0.1, -0.05) is 11.8 Å². The minimum Gasteiger partial charge on any atom is -0.478 e. The van der Waals surface area contributed by atoms with Crippen LogP contribution in [-0.4, -0.2) is 112 Å². The number of carboxylic acid groups (broad SMARTS) is 1. The van der Waals surface area contributed by atoms with Crippen molar-refractivity contribution in [2.75, 3.05) is 38.5 Å². The van der Waals surface area contributed by atoms with Crippen LogP contribution in [0.3, 0.4) is 0 Å². The van der Waals surface area contributed by atoms with Crippen molar-refractivity contribution >= 4 is 56.2 Å². The SMILES string of the molecule is C#Cc1ccc(F)c(C(=O)O)c1.C#Cc1ccc2nc3c(C#N)c(C4CCN(C(=O)OC(C)(C)C)CC4)[nH]n3c(=O)c2c1.CC(C)(C)OC(=O)N1CCC(c2[nH]nc(N)c2C#N)CC1.CCOC(C)=O.[3H]P([3H])[3H]. The van der Waals surface area contributed by atoms with Gasteiger partial charge in [0.05, 0.1) is 38.3 Å². The second-order valence-corrected chi connectivity index (χ2v) is 18.0. The maximum absolute atomic E-state index is 13.0. The van der Waals surface area contributed by atoms with Crippen LogP contribution in [0.15, 0.2) is 41.2 Å². The quantitative estimate of drug-likeness (QED) is 0.0597. The number of nitrogens with one attached hydrogen (secondary N) is 2. The Balaban J connectivity index is 0.000000288. The van der Waals surface area contributed by atoms with Gasteiger partial charge >= 0.3 is 24.1 Å². The zero-order valence-electron chi connectivity index (χ0n) is 43.9. The zero-order valence-corrected chi connectivity index (χ0v) is 41.8. The van der Waals surface area contributed by atoms with Gasteiger partial charge < -0.3 is 34.9 Å². The van der Waals surface area contributed by atoms with Gasteiger partial charge in [-0.15, -0.1) is 12.8 Å². The van der Waals surface area contributed by atoms with E-state index >= 15 is 0 Å². The van der Waals surface area contributed by atoms with Gasteiger partial charge in [0.25, 0.3) is 5.56 Å². The Kier molecular flexibility index (Phi) is 18.5. The average molecular weight is 1000 g/mol. The summed E-state index contributed by atoms with van der Waals surface area (Å²) in [5, 5.41) is 37.6. The van der Waals surface area contributed by atoms with Crippen molar-refractivity contribution in [3.05, 3.63) is 91.8 Å². The van der Waals surface area contributed by atoms with Crippen molar-refractivity contribution in [1.29, 1.82) is 14.4 Å². The lowest BCUT2D eigenvalue weighted by atomic mass is 9.91. The molecule has 2 aliphatic rings. The number of hydrogen-bond acceptors (Lipinski definition) is 13. The molecule has 0 bridgehead atoms. The lowest BCUT2D eigenvalue weighted by molar-refractivity contribution is -0.140. The van der Waals surface area contributed by atoms with E-state index < -0.39 is 38.3 Å². The Labute approximate surface area is 418 Å². The van der Waals surface area contributed by atoms with Crippen LogP contribution in [0.25, 0.3) is 16.6 Å². The molecule has 21 heteroatoms. The third-order valence-corrected chi connectivity index (χ3v) is 10.6. The van der Waals surface area contributed by atoms with Gasteiger partial charge in [-0.05, 0) is 111 Å². The van der Waals surface area contributed by atoms with Gasteiger partial charge in [-0.3, -0.25) is 19.8 Å². The number of esters is 1. The van der Waals surface area contributed by atoms with Gasteiger partial charge in [0.15, 0.2) is 11.5 Å². The van der Waals surface area contributed by atoms with E-state index in [4.69, 9.17) is 42.3 Å². The first kappa shape index (κ1) is 52.4. The Bertz CT molecular complexity index is 3030. The van der Waals surface area contributed by atoms with Crippen molar-refractivity contribution in [1.82, 2.24) is 34.6 Å². The van der Waals surface area contributed by atoms with E-state index in [1.165, 1.54) is 17.5 Å². The molecular weight excluding hydrogens is 935 g/mol. The Hall–Kier alpha value is -7.93. The lowest BCUT2D eigenvalue weighted by Gasteiger charge is -2.33. The highest BCUT2D eigenvalue weighted by Crippen LogP contribution is 2.33. The van der Waals surface area contributed by atoms with Crippen molar-refractivity contribution in [3.8, 4) is 36.8 Å². The van der Waals surface area contributed by atoms with Crippen LogP contribution in [0.1, 0.15) is 137 Å². The average Bonchev–Trinajstić information content (AvgIpc) is 3.90. The number of rotatable bonds is 4. The number of carbonyl (C=O) groups excluding carboxylic acids is 3. The third-order valence-electron chi connectivity index (χ3n) is 10.6. The van der Waals surface area contributed by atoms with Gasteiger partial charge in [-0.2, -0.15) is 29.9 Å². The number of benzene rings is 2. The number of carbonyl (C=O) groups is 4. The Morgan fingerprint density at radius 3 is 1.82 bits per heavy atom. The topological polar surface area (TPSA) is 275 Å². The number of nitrogens with two attached hydrogens (primary N) is 1. The largest absolute Gasteiger partial charge is 0.478 e. The molecule has 5 N–H and O–H groups in total. The van der Waals surface area contributed by atoms with E-state index in [0.29, 0.717) is 90.1 Å². The fourth-order valence-corrected chi connectivity index (χ4v) is 7.37. The highest BCUT2D eigenvalue weighted by atomic mass is 31.0. The molecule has 2 amide bonds. The number of nitrogen functional groups attached to an aromatic ring is 1. The van der Waals surface area contributed by atoms with Crippen LogP contribution < -0.4 is 11.3 Å². The second-order valence-electron chi connectivity index (χ2n) is 18.0.